The molecule has 0 atom stereocenters. The summed E-state index contributed by atoms with van der Waals surface area (Å²) in [5.41, 5.74) is 1.32. The van der Waals surface area contributed by atoms with Crippen LogP contribution in [0.4, 0.5) is 0 Å². The van der Waals surface area contributed by atoms with Crippen LogP contribution in [0.5, 0.6) is 0 Å². The number of nitrogens with one attached hydrogen (secondary N) is 1. The van der Waals surface area contributed by atoms with Crippen molar-refractivity contribution in [2.24, 2.45) is 5.92 Å². The van der Waals surface area contributed by atoms with Gasteiger partial charge in [-0.15, -0.1) is 0 Å². The van der Waals surface area contributed by atoms with E-state index in [0.29, 0.717) is 25.3 Å². The van der Waals surface area contributed by atoms with Crippen molar-refractivity contribution in [3.63, 3.8) is 0 Å². The van der Waals surface area contributed by atoms with Crippen LogP contribution in [0, 0.1) is 5.92 Å². The first-order chi connectivity index (χ1) is 12.5. The Kier molecular flexibility index (Phi) is 5.73. The molecule has 1 amide bonds. The molecule has 8 heteroatoms. The first kappa shape index (κ1) is 18.6. The summed E-state index contributed by atoms with van der Waals surface area (Å²) < 4.78 is 27.0. The third-order valence-corrected chi connectivity index (χ3v) is 6.64. The van der Waals surface area contributed by atoms with Crippen LogP contribution in [0.15, 0.2) is 42.6 Å². The summed E-state index contributed by atoms with van der Waals surface area (Å²) in [6.45, 7) is 3.26. The van der Waals surface area contributed by atoms with Crippen molar-refractivity contribution in [1.82, 2.24) is 19.4 Å². The maximum absolute atomic E-state index is 12.5. The van der Waals surface area contributed by atoms with Gasteiger partial charge < -0.3 is 5.32 Å². The summed E-state index contributed by atoms with van der Waals surface area (Å²) in [4.78, 5) is 12.5. The molecule has 26 heavy (non-hydrogen) atoms. The monoisotopic (exact) mass is 376 g/mol. The van der Waals surface area contributed by atoms with Crippen LogP contribution in [-0.4, -0.2) is 53.8 Å². The third kappa shape index (κ3) is 4.13. The fraction of sp³-hybridized carbons (Fsp3) is 0.444. The molecule has 0 radical (unpaired) electrons. The molecule has 1 aromatic heterocycles. The fourth-order valence-corrected chi connectivity index (χ4v) is 4.28. The van der Waals surface area contributed by atoms with Crippen LogP contribution in [0.2, 0.25) is 0 Å². The van der Waals surface area contributed by atoms with Crippen molar-refractivity contribution in [1.29, 1.82) is 0 Å². The quantitative estimate of drug-likeness (QED) is 0.831. The molecule has 140 valence electrons. The molecule has 2 heterocycles. The Balaban J connectivity index is 1.56. The molecule has 2 aromatic rings. The van der Waals surface area contributed by atoms with Crippen LogP contribution in [0.3, 0.4) is 0 Å². The number of benzene rings is 1. The lowest BCUT2D eigenvalue weighted by Gasteiger charge is -2.31. The van der Waals surface area contributed by atoms with E-state index in [1.54, 1.807) is 28.2 Å². The lowest BCUT2D eigenvalue weighted by atomic mass is 9.98. The van der Waals surface area contributed by atoms with Crippen molar-refractivity contribution >= 4 is 15.9 Å². The Morgan fingerprint density at radius 1 is 1.19 bits per heavy atom. The number of amides is 1. The number of rotatable bonds is 6. The summed E-state index contributed by atoms with van der Waals surface area (Å²) in [5, 5.41) is 7.20. The molecule has 0 bridgehead atoms. The van der Waals surface area contributed by atoms with E-state index in [1.165, 1.54) is 0 Å². The highest BCUT2D eigenvalue weighted by Crippen LogP contribution is 2.19. The number of hydrogen-bond acceptors (Lipinski definition) is 4. The zero-order valence-corrected chi connectivity index (χ0v) is 15.7. The Morgan fingerprint density at radius 2 is 1.88 bits per heavy atom. The highest BCUT2D eigenvalue weighted by atomic mass is 32.2. The molecule has 1 aliphatic heterocycles. The molecule has 1 saturated heterocycles. The largest absolute Gasteiger partial charge is 0.350 e. The molecule has 1 N–H and O–H groups in total. The van der Waals surface area contributed by atoms with Crippen LogP contribution >= 0.6 is 0 Å². The third-order valence-electron chi connectivity index (χ3n) is 4.76. The first-order valence-corrected chi connectivity index (χ1v) is 10.5. The van der Waals surface area contributed by atoms with Crippen molar-refractivity contribution in [3.8, 4) is 5.69 Å². The Bertz CT molecular complexity index is 840. The normalized spacial score (nSPS) is 16.5. The van der Waals surface area contributed by atoms with E-state index in [4.69, 9.17) is 0 Å². The van der Waals surface area contributed by atoms with Gasteiger partial charge in [-0.25, -0.2) is 17.4 Å². The number of aromatic nitrogens is 2. The van der Waals surface area contributed by atoms with E-state index in [1.807, 2.05) is 30.3 Å². The van der Waals surface area contributed by atoms with Gasteiger partial charge in [-0.2, -0.15) is 5.10 Å². The van der Waals surface area contributed by atoms with E-state index in [2.05, 4.69) is 10.4 Å². The molecule has 3 rings (SSSR count). The van der Waals surface area contributed by atoms with Gasteiger partial charge in [-0.1, -0.05) is 18.2 Å². The topological polar surface area (TPSA) is 84.3 Å². The zero-order valence-electron chi connectivity index (χ0n) is 14.8. The van der Waals surface area contributed by atoms with Gasteiger partial charge in [0.1, 0.15) is 5.69 Å². The minimum Gasteiger partial charge on any atom is -0.350 e. The Hall–Kier alpha value is -2.19. The van der Waals surface area contributed by atoms with E-state index in [0.717, 1.165) is 18.5 Å². The van der Waals surface area contributed by atoms with Crippen LogP contribution in [-0.2, 0) is 10.0 Å². The fourth-order valence-electron chi connectivity index (χ4n) is 3.15. The van der Waals surface area contributed by atoms with E-state index >= 15 is 0 Å². The van der Waals surface area contributed by atoms with E-state index in [9.17, 15) is 13.2 Å². The second-order valence-corrected chi connectivity index (χ2v) is 8.67. The van der Waals surface area contributed by atoms with Crippen molar-refractivity contribution < 1.29 is 13.2 Å². The van der Waals surface area contributed by atoms with E-state index in [-0.39, 0.29) is 17.6 Å². The van der Waals surface area contributed by atoms with Gasteiger partial charge in [-0.05, 0) is 43.9 Å². The highest BCUT2D eigenvalue weighted by Gasteiger charge is 2.27. The van der Waals surface area contributed by atoms with Gasteiger partial charge in [0.15, 0.2) is 0 Å². The molecule has 1 aromatic carbocycles. The molecule has 7 nitrogen and oxygen atoms in total. The van der Waals surface area contributed by atoms with Crippen LogP contribution < -0.4 is 5.32 Å². The van der Waals surface area contributed by atoms with Crippen LogP contribution in [0.25, 0.3) is 5.69 Å². The van der Waals surface area contributed by atoms with Crippen molar-refractivity contribution in [2.75, 3.05) is 25.4 Å². The molecule has 0 unspecified atom stereocenters. The van der Waals surface area contributed by atoms with Gasteiger partial charge in [0.05, 0.1) is 17.6 Å². The standard InChI is InChI=1S/C18H24N4O3S/c1-2-26(24,25)21-12-9-15(10-13-21)14-19-18(23)17-8-11-20-22(17)16-6-4-3-5-7-16/h3-8,11,15H,2,9-10,12-14H2,1H3,(H,19,23). The number of para-hydroxylation sites is 1. The molecular formula is C18H24N4O3S. The second kappa shape index (κ2) is 8.01. The van der Waals surface area contributed by atoms with Gasteiger partial charge in [0.25, 0.3) is 5.91 Å². The lowest BCUT2D eigenvalue weighted by Crippen LogP contribution is -2.42. The predicted molar refractivity (Wildman–Crippen MR) is 99.7 cm³/mol. The Morgan fingerprint density at radius 3 is 2.54 bits per heavy atom. The average molecular weight is 376 g/mol. The van der Waals surface area contributed by atoms with Gasteiger partial charge in [0, 0.05) is 19.6 Å². The molecular weight excluding hydrogens is 352 g/mol. The first-order valence-electron chi connectivity index (χ1n) is 8.86. The maximum Gasteiger partial charge on any atom is 0.270 e. The van der Waals surface area contributed by atoms with Crippen molar-refractivity contribution in [2.45, 2.75) is 19.8 Å². The average Bonchev–Trinajstić information content (AvgIpc) is 3.17. The van der Waals surface area contributed by atoms with Gasteiger partial charge in [-0.3, -0.25) is 4.79 Å². The van der Waals surface area contributed by atoms with Gasteiger partial charge in [0.2, 0.25) is 10.0 Å². The number of carbonyl (C=O) groups is 1. The summed E-state index contributed by atoms with van der Waals surface area (Å²) in [7, 11) is -3.11. The summed E-state index contributed by atoms with van der Waals surface area (Å²) in [5.74, 6) is 0.253. The molecule has 0 saturated carbocycles. The zero-order chi connectivity index (χ0) is 18.6. The summed E-state index contributed by atoms with van der Waals surface area (Å²) in [6, 6.07) is 11.2. The number of carbonyl (C=O) groups excluding carboxylic acids is 1. The molecule has 0 aliphatic carbocycles. The number of piperidine rings is 1. The molecule has 1 aliphatic rings. The SMILES string of the molecule is CCS(=O)(=O)N1CCC(CNC(=O)c2ccnn2-c2ccccc2)CC1. The molecule has 1 fully saturated rings. The predicted octanol–water partition coefficient (Wildman–Crippen LogP) is 1.66. The number of nitrogens with zero attached hydrogens (tertiary/aromatic N) is 3. The van der Waals surface area contributed by atoms with E-state index < -0.39 is 10.0 Å². The smallest absolute Gasteiger partial charge is 0.270 e. The second-order valence-electron chi connectivity index (χ2n) is 6.42. The summed E-state index contributed by atoms with van der Waals surface area (Å²) >= 11 is 0. The van der Waals surface area contributed by atoms with Crippen molar-refractivity contribution in [3.05, 3.63) is 48.3 Å². The van der Waals surface area contributed by atoms with Crippen LogP contribution in [0.1, 0.15) is 30.3 Å². The molecule has 0 spiro atoms. The maximum atomic E-state index is 12.5. The van der Waals surface area contributed by atoms with Gasteiger partial charge >= 0.3 is 0 Å². The summed E-state index contributed by atoms with van der Waals surface area (Å²) in [6.07, 6.45) is 3.13. The lowest BCUT2D eigenvalue weighted by molar-refractivity contribution is 0.0933. The Labute approximate surface area is 154 Å². The minimum absolute atomic E-state index is 0.137. The number of sulfonamides is 1. The number of hydrogen-bond donors (Lipinski definition) is 1. The highest BCUT2D eigenvalue weighted by molar-refractivity contribution is 7.89. The minimum atomic E-state index is -3.11.